The van der Waals surface area contributed by atoms with Gasteiger partial charge in [-0.25, -0.2) is 0 Å². The number of aryl methyl sites for hydroxylation is 1. The van der Waals surface area contributed by atoms with Gasteiger partial charge in [-0.3, -0.25) is 19.4 Å². The molecule has 0 aliphatic carbocycles. The molecule has 1 aliphatic rings. The normalized spacial score (nSPS) is 17.9. The zero-order valence-electron chi connectivity index (χ0n) is 15.6. The van der Waals surface area contributed by atoms with Crippen molar-refractivity contribution in [2.24, 2.45) is 11.3 Å². The Morgan fingerprint density at radius 2 is 2.08 bits per heavy atom. The Bertz CT molecular complexity index is 729. The summed E-state index contributed by atoms with van der Waals surface area (Å²) < 4.78 is 1.91. The lowest BCUT2D eigenvalue weighted by Gasteiger charge is -2.25. The first-order valence-corrected chi connectivity index (χ1v) is 9.01. The van der Waals surface area contributed by atoms with Gasteiger partial charge in [0, 0.05) is 37.4 Å². The van der Waals surface area contributed by atoms with Gasteiger partial charge in [0.2, 0.25) is 5.91 Å². The van der Waals surface area contributed by atoms with Gasteiger partial charge in [-0.1, -0.05) is 20.8 Å². The van der Waals surface area contributed by atoms with Gasteiger partial charge in [0.1, 0.15) is 5.69 Å². The Labute approximate surface area is 149 Å². The molecule has 1 atom stereocenters. The maximum atomic E-state index is 12.4. The molecule has 2 aromatic rings. The largest absolute Gasteiger partial charge is 0.342 e. The van der Waals surface area contributed by atoms with Crippen molar-refractivity contribution in [1.82, 2.24) is 24.6 Å². The monoisotopic (exact) mass is 341 g/mol. The van der Waals surface area contributed by atoms with E-state index >= 15 is 0 Å². The van der Waals surface area contributed by atoms with Crippen molar-refractivity contribution < 1.29 is 4.79 Å². The lowest BCUT2D eigenvalue weighted by Crippen LogP contribution is -2.38. The summed E-state index contributed by atoms with van der Waals surface area (Å²) in [5.41, 5.74) is 2.52. The second-order valence-electron chi connectivity index (χ2n) is 7.79. The van der Waals surface area contributed by atoms with Crippen LogP contribution in [0.25, 0.3) is 11.4 Å². The number of hydrogen-bond donors (Lipinski definition) is 0. The number of nitrogens with zero attached hydrogens (tertiary/aromatic N) is 5. The molecule has 25 heavy (non-hydrogen) atoms. The molecule has 6 nitrogen and oxygen atoms in total. The molecule has 3 heterocycles. The minimum absolute atomic E-state index is 0.240. The number of carbonyl (C=O) groups is 1. The molecule has 1 amide bonds. The van der Waals surface area contributed by atoms with Gasteiger partial charge in [-0.15, -0.1) is 0 Å². The van der Waals surface area contributed by atoms with Crippen LogP contribution in [0.2, 0.25) is 0 Å². The van der Waals surface area contributed by atoms with Crippen LogP contribution >= 0.6 is 0 Å². The summed E-state index contributed by atoms with van der Waals surface area (Å²) in [6, 6.07) is 1.96. The molecule has 2 aromatic heterocycles. The van der Waals surface area contributed by atoms with Crippen LogP contribution in [-0.2, 0) is 17.8 Å². The Balaban J connectivity index is 1.62. The lowest BCUT2D eigenvalue weighted by molar-refractivity contribution is -0.138. The van der Waals surface area contributed by atoms with Gasteiger partial charge in [0.15, 0.2) is 0 Å². The third-order valence-electron chi connectivity index (χ3n) is 4.70. The average molecular weight is 341 g/mol. The first-order chi connectivity index (χ1) is 11.9. The van der Waals surface area contributed by atoms with Crippen LogP contribution in [0.15, 0.2) is 24.7 Å². The van der Waals surface area contributed by atoms with E-state index in [1.165, 1.54) is 0 Å². The fourth-order valence-corrected chi connectivity index (χ4v) is 3.35. The molecule has 1 aliphatic heterocycles. The molecule has 0 aromatic carbocycles. The quantitative estimate of drug-likeness (QED) is 0.858. The van der Waals surface area contributed by atoms with Crippen LogP contribution < -0.4 is 0 Å². The summed E-state index contributed by atoms with van der Waals surface area (Å²) >= 11 is 0. The second kappa shape index (κ2) is 6.94. The van der Waals surface area contributed by atoms with E-state index in [2.05, 4.69) is 22.0 Å². The van der Waals surface area contributed by atoms with E-state index in [0.29, 0.717) is 5.92 Å². The van der Waals surface area contributed by atoms with E-state index in [1.807, 2.05) is 48.8 Å². The van der Waals surface area contributed by atoms with Gasteiger partial charge < -0.3 is 4.90 Å². The van der Waals surface area contributed by atoms with Crippen molar-refractivity contribution in [1.29, 1.82) is 0 Å². The maximum absolute atomic E-state index is 12.4. The molecule has 134 valence electrons. The highest BCUT2D eigenvalue weighted by Crippen LogP contribution is 2.26. The number of aromatic nitrogens is 4. The van der Waals surface area contributed by atoms with Gasteiger partial charge >= 0.3 is 0 Å². The minimum Gasteiger partial charge on any atom is -0.342 e. The highest BCUT2D eigenvalue weighted by atomic mass is 16.2. The highest BCUT2D eigenvalue weighted by Gasteiger charge is 2.32. The van der Waals surface area contributed by atoms with Gasteiger partial charge in [-0.2, -0.15) is 5.10 Å². The molecular formula is C19H27N5O. The predicted molar refractivity (Wildman–Crippen MR) is 96.8 cm³/mol. The predicted octanol–water partition coefficient (Wildman–Crippen LogP) is 2.80. The summed E-state index contributed by atoms with van der Waals surface area (Å²) in [6.45, 7) is 10.5. The topological polar surface area (TPSA) is 63.9 Å². The van der Waals surface area contributed by atoms with E-state index in [1.54, 1.807) is 6.20 Å². The van der Waals surface area contributed by atoms with Gasteiger partial charge in [0.25, 0.3) is 0 Å². The van der Waals surface area contributed by atoms with E-state index in [0.717, 1.165) is 49.6 Å². The van der Waals surface area contributed by atoms with Crippen molar-refractivity contribution in [3.8, 4) is 11.4 Å². The molecular weight excluding hydrogens is 314 g/mol. The molecule has 0 bridgehead atoms. The molecule has 3 rings (SSSR count). The minimum atomic E-state index is -0.307. The smallest absolute Gasteiger partial charge is 0.227 e. The van der Waals surface area contributed by atoms with Crippen molar-refractivity contribution in [2.45, 2.75) is 47.1 Å². The molecule has 0 spiro atoms. The standard InChI is InChI=1S/C19H27N5O/c1-5-24-17(6-8-22-24)16-12-20-15(11-21-16)10-14-7-9-23(13-14)18(25)19(2,3)4/h6,8,11-12,14H,5,7,9-10,13H2,1-4H3. The van der Waals surface area contributed by atoms with Crippen LogP contribution in [-0.4, -0.2) is 43.6 Å². The first kappa shape index (κ1) is 17.6. The van der Waals surface area contributed by atoms with Crippen molar-refractivity contribution in [3.63, 3.8) is 0 Å². The number of rotatable bonds is 4. The third-order valence-corrected chi connectivity index (χ3v) is 4.70. The highest BCUT2D eigenvalue weighted by molar-refractivity contribution is 5.81. The number of carbonyl (C=O) groups excluding carboxylic acids is 1. The van der Waals surface area contributed by atoms with E-state index in [9.17, 15) is 4.79 Å². The Hall–Kier alpha value is -2.24. The third kappa shape index (κ3) is 3.89. The molecule has 6 heteroatoms. The van der Waals surface area contributed by atoms with Crippen LogP contribution in [0.5, 0.6) is 0 Å². The number of amides is 1. The summed E-state index contributed by atoms with van der Waals surface area (Å²) in [5.74, 6) is 0.705. The van der Waals surface area contributed by atoms with Crippen molar-refractivity contribution in [2.75, 3.05) is 13.1 Å². The van der Waals surface area contributed by atoms with E-state index < -0.39 is 0 Å². The summed E-state index contributed by atoms with van der Waals surface area (Å²) in [5, 5.41) is 4.27. The fraction of sp³-hybridized carbons (Fsp3) is 0.579. The fourth-order valence-electron chi connectivity index (χ4n) is 3.35. The molecule has 1 unspecified atom stereocenters. The SMILES string of the molecule is CCn1nccc1-c1cnc(CC2CCN(C(=O)C(C)(C)C)C2)cn1. The lowest BCUT2D eigenvalue weighted by atomic mass is 9.95. The second-order valence-corrected chi connectivity index (χ2v) is 7.79. The van der Waals surface area contributed by atoms with E-state index in [-0.39, 0.29) is 11.3 Å². The number of hydrogen-bond acceptors (Lipinski definition) is 4. The van der Waals surface area contributed by atoms with Crippen LogP contribution in [0.4, 0.5) is 0 Å². The summed E-state index contributed by atoms with van der Waals surface area (Å²) in [6.07, 6.45) is 7.37. The molecule has 0 radical (unpaired) electrons. The Morgan fingerprint density at radius 1 is 1.28 bits per heavy atom. The van der Waals surface area contributed by atoms with Gasteiger partial charge in [0.05, 0.1) is 17.6 Å². The Kier molecular flexibility index (Phi) is 4.88. The average Bonchev–Trinajstić information content (AvgIpc) is 3.23. The maximum Gasteiger partial charge on any atom is 0.227 e. The van der Waals surface area contributed by atoms with Crippen LogP contribution in [0.3, 0.4) is 0 Å². The number of likely N-dealkylation sites (tertiary alicyclic amines) is 1. The molecule has 1 fully saturated rings. The van der Waals surface area contributed by atoms with Crippen LogP contribution in [0, 0.1) is 11.3 Å². The van der Waals surface area contributed by atoms with Crippen LogP contribution in [0.1, 0.15) is 39.8 Å². The first-order valence-electron chi connectivity index (χ1n) is 9.01. The zero-order chi connectivity index (χ0) is 18.0. The zero-order valence-corrected chi connectivity index (χ0v) is 15.6. The summed E-state index contributed by atoms with van der Waals surface area (Å²) in [7, 11) is 0. The van der Waals surface area contributed by atoms with Crippen molar-refractivity contribution in [3.05, 3.63) is 30.4 Å². The van der Waals surface area contributed by atoms with Gasteiger partial charge in [-0.05, 0) is 31.7 Å². The Morgan fingerprint density at radius 3 is 2.72 bits per heavy atom. The van der Waals surface area contributed by atoms with E-state index in [4.69, 9.17) is 0 Å². The molecule has 0 saturated carbocycles. The molecule has 0 N–H and O–H groups in total. The molecule has 1 saturated heterocycles. The van der Waals surface area contributed by atoms with Crippen molar-refractivity contribution >= 4 is 5.91 Å². The summed E-state index contributed by atoms with van der Waals surface area (Å²) in [4.78, 5) is 23.5.